The zero-order chi connectivity index (χ0) is 15.2. The third-order valence-corrected chi connectivity index (χ3v) is 3.57. The van der Waals surface area contributed by atoms with Crippen molar-refractivity contribution in [3.63, 3.8) is 0 Å². The van der Waals surface area contributed by atoms with E-state index in [1.54, 1.807) is 14.2 Å². The minimum absolute atomic E-state index is 0.0129. The first-order chi connectivity index (χ1) is 10.2. The number of Topliss-reactive ketones (excluding diaryl/α,β-unsaturated/α-hetero) is 1. The Labute approximate surface area is 125 Å². The average Bonchev–Trinajstić information content (AvgIpc) is 2.49. The van der Waals surface area contributed by atoms with Gasteiger partial charge in [-0.1, -0.05) is 18.2 Å². The Morgan fingerprint density at radius 1 is 1.24 bits per heavy atom. The van der Waals surface area contributed by atoms with E-state index in [-0.39, 0.29) is 11.9 Å². The molecule has 0 amide bonds. The number of hydrogen-bond acceptors (Lipinski definition) is 5. The lowest BCUT2D eigenvalue weighted by atomic mass is 9.97. The van der Waals surface area contributed by atoms with Crippen LogP contribution in [0.25, 0.3) is 0 Å². The Hall–Kier alpha value is -1.27. The van der Waals surface area contributed by atoms with E-state index in [9.17, 15) is 4.79 Å². The van der Waals surface area contributed by atoms with E-state index in [1.165, 1.54) is 6.92 Å². The van der Waals surface area contributed by atoms with E-state index < -0.39 is 6.10 Å². The van der Waals surface area contributed by atoms with Gasteiger partial charge in [0.05, 0.1) is 26.4 Å². The van der Waals surface area contributed by atoms with Crippen molar-refractivity contribution in [1.82, 2.24) is 0 Å². The molecule has 1 aliphatic rings. The Kier molecular flexibility index (Phi) is 5.87. The van der Waals surface area contributed by atoms with Crippen molar-refractivity contribution >= 4 is 5.78 Å². The van der Waals surface area contributed by atoms with Gasteiger partial charge in [-0.2, -0.15) is 0 Å². The van der Waals surface area contributed by atoms with Gasteiger partial charge in [-0.25, -0.2) is 0 Å². The molecule has 1 aromatic carbocycles. The van der Waals surface area contributed by atoms with Crippen LogP contribution < -0.4 is 0 Å². The fraction of sp³-hybridized carbons (Fsp3) is 0.562. The van der Waals surface area contributed by atoms with Crippen molar-refractivity contribution < 1.29 is 23.7 Å². The van der Waals surface area contributed by atoms with Gasteiger partial charge in [0.15, 0.2) is 5.78 Å². The number of benzene rings is 1. The molecule has 0 spiro atoms. The van der Waals surface area contributed by atoms with Crippen LogP contribution in [0.15, 0.2) is 18.2 Å². The highest BCUT2D eigenvalue weighted by Crippen LogP contribution is 2.29. The summed E-state index contributed by atoms with van der Waals surface area (Å²) in [6.45, 7) is 3.27. The first-order valence-electron chi connectivity index (χ1n) is 6.99. The number of rotatable bonds is 6. The van der Waals surface area contributed by atoms with Gasteiger partial charge in [0.1, 0.15) is 12.2 Å². The average molecular weight is 294 g/mol. The molecular formula is C16H22O5. The van der Waals surface area contributed by atoms with Crippen molar-refractivity contribution in [3.8, 4) is 0 Å². The van der Waals surface area contributed by atoms with Crippen molar-refractivity contribution in [2.75, 3.05) is 27.4 Å². The molecule has 0 bridgehead atoms. The molecule has 116 valence electrons. The van der Waals surface area contributed by atoms with Crippen LogP contribution in [-0.4, -0.2) is 39.3 Å². The van der Waals surface area contributed by atoms with Gasteiger partial charge in [-0.3, -0.25) is 4.79 Å². The summed E-state index contributed by atoms with van der Waals surface area (Å²) in [5.74, 6) is -0.0129. The highest BCUT2D eigenvalue weighted by atomic mass is 16.6. The molecule has 1 fully saturated rings. The molecule has 0 N–H and O–H groups in total. The molecule has 1 aromatic rings. The smallest absolute Gasteiger partial charge is 0.160 e. The third-order valence-electron chi connectivity index (χ3n) is 3.57. The molecule has 1 saturated heterocycles. The molecule has 2 unspecified atom stereocenters. The molecule has 2 rings (SSSR count). The quantitative estimate of drug-likeness (QED) is 0.803. The fourth-order valence-electron chi connectivity index (χ4n) is 2.50. The van der Waals surface area contributed by atoms with Crippen LogP contribution >= 0.6 is 0 Å². The number of ether oxygens (including phenoxy) is 4. The standard InChI is InChI=1S/C16H22O5/c1-11(17)15-9-20-10-16(21-15)13-6-4-5-12(7-18-2)14(13)8-19-3/h4-6,15-16H,7-10H2,1-3H3. The van der Waals surface area contributed by atoms with Crippen LogP contribution in [0.2, 0.25) is 0 Å². The van der Waals surface area contributed by atoms with Gasteiger partial charge >= 0.3 is 0 Å². The van der Waals surface area contributed by atoms with Crippen LogP contribution in [0.1, 0.15) is 29.7 Å². The topological polar surface area (TPSA) is 54.0 Å². The molecule has 5 nitrogen and oxygen atoms in total. The SMILES string of the molecule is COCc1cccc(C2COCC(C(C)=O)O2)c1COC. The Morgan fingerprint density at radius 2 is 2.00 bits per heavy atom. The molecule has 5 heteroatoms. The summed E-state index contributed by atoms with van der Waals surface area (Å²) in [5.41, 5.74) is 3.10. The molecule has 2 atom stereocenters. The lowest BCUT2D eigenvalue weighted by Crippen LogP contribution is -2.36. The van der Waals surface area contributed by atoms with E-state index in [0.29, 0.717) is 26.4 Å². The summed E-state index contributed by atoms with van der Waals surface area (Å²) in [6.07, 6.45) is -0.750. The summed E-state index contributed by atoms with van der Waals surface area (Å²) < 4.78 is 21.9. The zero-order valence-electron chi connectivity index (χ0n) is 12.8. The predicted octanol–water partition coefficient (Wildman–Crippen LogP) is 2.02. The number of ketones is 1. The highest BCUT2D eigenvalue weighted by molar-refractivity contribution is 5.80. The van der Waals surface area contributed by atoms with Crippen LogP contribution in [0.3, 0.4) is 0 Å². The second-order valence-corrected chi connectivity index (χ2v) is 5.11. The van der Waals surface area contributed by atoms with Crippen LogP contribution in [0, 0.1) is 0 Å². The molecule has 0 aliphatic carbocycles. The van der Waals surface area contributed by atoms with Gasteiger partial charge in [0.2, 0.25) is 0 Å². The van der Waals surface area contributed by atoms with Crippen molar-refractivity contribution in [2.24, 2.45) is 0 Å². The first kappa shape index (κ1) is 16.1. The van der Waals surface area contributed by atoms with E-state index in [4.69, 9.17) is 18.9 Å². The highest BCUT2D eigenvalue weighted by Gasteiger charge is 2.29. The van der Waals surface area contributed by atoms with Gasteiger partial charge < -0.3 is 18.9 Å². The van der Waals surface area contributed by atoms with Gasteiger partial charge in [0, 0.05) is 14.2 Å². The summed E-state index contributed by atoms with van der Waals surface area (Å²) in [7, 11) is 3.32. The van der Waals surface area contributed by atoms with Crippen molar-refractivity contribution in [1.29, 1.82) is 0 Å². The second kappa shape index (κ2) is 7.66. The fourth-order valence-corrected chi connectivity index (χ4v) is 2.50. The van der Waals surface area contributed by atoms with E-state index in [2.05, 4.69) is 0 Å². The monoisotopic (exact) mass is 294 g/mol. The third kappa shape index (κ3) is 3.89. The minimum atomic E-state index is -0.495. The van der Waals surface area contributed by atoms with Gasteiger partial charge in [-0.15, -0.1) is 0 Å². The summed E-state index contributed by atoms with van der Waals surface area (Å²) in [6, 6.07) is 5.96. The molecule has 0 saturated carbocycles. The number of carbonyl (C=O) groups excluding carboxylic acids is 1. The maximum Gasteiger partial charge on any atom is 0.160 e. The van der Waals surface area contributed by atoms with Crippen LogP contribution in [0.5, 0.6) is 0 Å². The second-order valence-electron chi connectivity index (χ2n) is 5.11. The lowest BCUT2D eigenvalue weighted by molar-refractivity contribution is -0.161. The summed E-state index contributed by atoms with van der Waals surface area (Å²) in [4.78, 5) is 11.5. The molecular weight excluding hydrogens is 272 g/mol. The molecule has 1 heterocycles. The van der Waals surface area contributed by atoms with E-state index in [1.807, 2.05) is 18.2 Å². The Morgan fingerprint density at radius 3 is 2.67 bits per heavy atom. The number of methoxy groups -OCH3 is 2. The van der Waals surface area contributed by atoms with Crippen LogP contribution in [0.4, 0.5) is 0 Å². The Bertz CT molecular complexity index is 486. The molecule has 0 radical (unpaired) electrons. The lowest BCUT2D eigenvalue weighted by Gasteiger charge is -2.30. The normalized spacial score (nSPS) is 22.2. The first-order valence-corrected chi connectivity index (χ1v) is 6.99. The Balaban J connectivity index is 2.29. The van der Waals surface area contributed by atoms with E-state index in [0.717, 1.165) is 16.7 Å². The van der Waals surface area contributed by atoms with Crippen molar-refractivity contribution in [3.05, 3.63) is 34.9 Å². The maximum absolute atomic E-state index is 11.5. The summed E-state index contributed by atoms with van der Waals surface area (Å²) in [5, 5.41) is 0. The number of carbonyl (C=O) groups is 1. The summed E-state index contributed by atoms with van der Waals surface area (Å²) >= 11 is 0. The van der Waals surface area contributed by atoms with Crippen molar-refractivity contribution in [2.45, 2.75) is 32.3 Å². The molecule has 21 heavy (non-hydrogen) atoms. The zero-order valence-corrected chi connectivity index (χ0v) is 12.8. The maximum atomic E-state index is 11.5. The van der Waals surface area contributed by atoms with E-state index >= 15 is 0 Å². The van der Waals surface area contributed by atoms with Crippen LogP contribution in [-0.2, 0) is 37.0 Å². The predicted molar refractivity (Wildman–Crippen MR) is 77.0 cm³/mol. The van der Waals surface area contributed by atoms with Gasteiger partial charge in [0.25, 0.3) is 0 Å². The number of hydrogen-bond donors (Lipinski definition) is 0. The minimum Gasteiger partial charge on any atom is -0.380 e. The largest absolute Gasteiger partial charge is 0.380 e. The van der Waals surface area contributed by atoms with Gasteiger partial charge in [-0.05, 0) is 23.6 Å². The molecule has 1 aliphatic heterocycles. The molecule has 0 aromatic heterocycles.